The zero-order valence-electron chi connectivity index (χ0n) is 14.4. The van der Waals surface area contributed by atoms with Gasteiger partial charge in [-0.25, -0.2) is 4.39 Å². The molecule has 0 radical (unpaired) electrons. The lowest BCUT2D eigenvalue weighted by molar-refractivity contribution is -0.0304. The number of aromatic amines is 1. The topological polar surface area (TPSA) is 133 Å². The molecule has 0 spiro atoms. The number of nitrogens with one attached hydrogen (secondary N) is 2. The third-order valence-electron chi connectivity index (χ3n) is 3.54. The first-order chi connectivity index (χ1) is 13.4. The normalized spacial score (nSPS) is 11.6. The number of amidine groups is 1. The number of aliphatic hydroxyl groups is 2. The van der Waals surface area contributed by atoms with Gasteiger partial charge in [0.15, 0.2) is 6.29 Å². The summed E-state index contributed by atoms with van der Waals surface area (Å²) in [4.78, 5) is 15.8. The van der Waals surface area contributed by atoms with Crippen LogP contribution in [0.4, 0.5) is 15.1 Å². The van der Waals surface area contributed by atoms with E-state index in [0.717, 1.165) is 11.5 Å². The fraction of sp³-hybridized carbons (Fsp3) is 0.111. The highest BCUT2D eigenvalue weighted by molar-refractivity contribution is 7.10. The smallest absolute Gasteiger partial charge is 0.271 e. The number of nitrogens with two attached hydrogens (primary N) is 1. The predicted octanol–water partition coefficient (Wildman–Crippen LogP) is 2.13. The van der Waals surface area contributed by atoms with Crippen molar-refractivity contribution in [1.29, 1.82) is 0 Å². The largest absolute Gasteiger partial charge is 0.457 e. The Labute approximate surface area is 162 Å². The van der Waals surface area contributed by atoms with Gasteiger partial charge in [-0.2, -0.15) is 0 Å². The molecule has 2 aromatic carbocycles. The Bertz CT molecular complexity index is 1010. The average Bonchev–Trinajstić information content (AvgIpc) is 3.03. The second-order valence-corrected chi connectivity index (χ2v) is 6.47. The number of aliphatic imine (C=N–C) groups is 1. The molecule has 0 atom stereocenters. The standard InChI is InChI=1S/C18H17FN4O4S/c19-10-1-5-12(6-2-10)27-13-7-3-11(4-8-13)22-18-15(17(26)23-28-18)16(20)21-9-14(24)25/h1-8,14,22,24-25H,9H2,(H2,20,21)(H,23,26). The van der Waals surface area contributed by atoms with Crippen LogP contribution in [0.1, 0.15) is 5.56 Å². The lowest BCUT2D eigenvalue weighted by atomic mass is 10.2. The summed E-state index contributed by atoms with van der Waals surface area (Å²) < 4.78 is 21.1. The van der Waals surface area contributed by atoms with E-state index >= 15 is 0 Å². The maximum Gasteiger partial charge on any atom is 0.271 e. The van der Waals surface area contributed by atoms with E-state index in [4.69, 9.17) is 20.7 Å². The van der Waals surface area contributed by atoms with Gasteiger partial charge in [0.2, 0.25) is 0 Å². The first kappa shape index (κ1) is 19.5. The molecule has 0 aliphatic carbocycles. The maximum absolute atomic E-state index is 12.9. The highest BCUT2D eigenvalue weighted by atomic mass is 32.1. The number of ether oxygens (including phenoxy) is 1. The Morgan fingerprint density at radius 1 is 1.18 bits per heavy atom. The molecule has 28 heavy (non-hydrogen) atoms. The zero-order chi connectivity index (χ0) is 20.1. The number of benzene rings is 2. The summed E-state index contributed by atoms with van der Waals surface area (Å²) in [5, 5.41) is 21.3. The molecular weight excluding hydrogens is 387 g/mol. The van der Waals surface area contributed by atoms with Crippen LogP contribution in [-0.2, 0) is 0 Å². The van der Waals surface area contributed by atoms with E-state index in [1.807, 2.05) is 0 Å². The van der Waals surface area contributed by atoms with Crippen molar-refractivity contribution in [3.63, 3.8) is 0 Å². The number of nitrogens with zero attached hydrogens (tertiary/aromatic N) is 1. The van der Waals surface area contributed by atoms with Gasteiger partial charge in [0.1, 0.15) is 33.7 Å². The van der Waals surface area contributed by atoms with E-state index in [1.54, 1.807) is 24.3 Å². The summed E-state index contributed by atoms with van der Waals surface area (Å²) in [6.07, 6.45) is -1.65. The molecule has 0 saturated heterocycles. The lowest BCUT2D eigenvalue weighted by Gasteiger charge is -2.09. The van der Waals surface area contributed by atoms with Crippen LogP contribution in [0.5, 0.6) is 11.5 Å². The zero-order valence-corrected chi connectivity index (χ0v) is 15.2. The molecule has 0 aliphatic rings. The number of aliphatic hydroxyl groups excluding tert-OH is 1. The predicted molar refractivity (Wildman–Crippen MR) is 105 cm³/mol. The average molecular weight is 404 g/mol. The van der Waals surface area contributed by atoms with E-state index in [1.165, 1.54) is 24.3 Å². The Morgan fingerprint density at radius 3 is 2.39 bits per heavy atom. The molecule has 8 nitrogen and oxygen atoms in total. The highest BCUT2D eigenvalue weighted by Crippen LogP contribution is 2.26. The van der Waals surface area contributed by atoms with E-state index in [9.17, 15) is 9.18 Å². The molecule has 0 unspecified atom stereocenters. The van der Waals surface area contributed by atoms with Crippen molar-refractivity contribution in [2.24, 2.45) is 10.7 Å². The minimum atomic E-state index is -1.65. The van der Waals surface area contributed by atoms with Crippen LogP contribution in [0.2, 0.25) is 0 Å². The SMILES string of the molecule is NC(=NCC(O)O)c1c(Nc2ccc(Oc3ccc(F)cc3)cc2)s[nH]c1=O. The minimum absolute atomic E-state index is 0.102. The van der Waals surface area contributed by atoms with Gasteiger partial charge in [-0.15, -0.1) is 0 Å². The quantitative estimate of drug-likeness (QED) is 0.233. The summed E-state index contributed by atoms with van der Waals surface area (Å²) in [5.74, 6) is 0.611. The Hall–Kier alpha value is -3.21. The summed E-state index contributed by atoms with van der Waals surface area (Å²) in [5.41, 5.74) is 6.15. The number of anilines is 2. The molecule has 1 aromatic heterocycles. The second kappa shape index (κ2) is 8.65. The molecule has 146 valence electrons. The van der Waals surface area contributed by atoms with Gasteiger partial charge >= 0.3 is 0 Å². The molecule has 1 heterocycles. The number of aromatic nitrogens is 1. The van der Waals surface area contributed by atoms with Crippen LogP contribution >= 0.6 is 11.5 Å². The van der Waals surface area contributed by atoms with Gasteiger partial charge in [0.25, 0.3) is 5.56 Å². The van der Waals surface area contributed by atoms with Crippen molar-refractivity contribution < 1.29 is 19.3 Å². The number of halogens is 1. The van der Waals surface area contributed by atoms with Gasteiger partial charge in [0.05, 0.1) is 6.54 Å². The minimum Gasteiger partial charge on any atom is -0.457 e. The van der Waals surface area contributed by atoms with E-state index in [-0.39, 0.29) is 23.8 Å². The van der Waals surface area contributed by atoms with Crippen molar-refractivity contribution in [2.45, 2.75) is 6.29 Å². The molecule has 0 saturated carbocycles. The van der Waals surface area contributed by atoms with Crippen molar-refractivity contribution >= 4 is 28.1 Å². The summed E-state index contributed by atoms with van der Waals surface area (Å²) in [7, 11) is 0. The fourth-order valence-electron chi connectivity index (χ4n) is 2.26. The maximum atomic E-state index is 12.9. The molecule has 0 amide bonds. The van der Waals surface area contributed by atoms with Crippen LogP contribution in [0.15, 0.2) is 58.3 Å². The van der Waals surface area contributed by atoms with Gasteiger partial charge in [-0.05, 0) is 60.1 Å². The first-order valence-corrected chi connectivity index (χ1v) is 8.92. The Morgan fingerprint density at radius 2 is 1.79 bits per heavy atom. The van der Waals surface area contributed by atoms with Crippen LogP contribution in [-0.4, -0.2) is 33.3 Å². The van der Waals surface area contributed by atoms with Crippen molar-refractivity contribution in [3.8, 4) is 11.5 Å². The van der Waals surface area contributed by atoms with Crippen molar-refractivity contribution in [1.82, 2.24) is 4.37 Å². The van der Waals surface area contributed by atoms with Crippen LogP contribution in [0.3, 0.4) is 0 Å². The van der Waals surface area contributed by atoms with Gasteiger partial charge in [-0.1, -0.05) is 0 Å². The molecule has 3 rings (SSSR count). The third kappa shape index (κ3) is 4.94. The molecule has 3 aromatic rings. The van der Waals surface area contributed by atoms with Crippen LogP contribution in [0, 0.1) is 5.82 Å². The number of rotatable bonds is 7. The Balaban J connectivity index is 1.73. The molecule has 0 aliphatic heterocycles. The van der Waals surface area contributed by atoms with Crippen molar-refractivity contribution in [2.75, 3.05) is 11.9 Å². The van der Waals surface area contributed by atoms with E-state index in [0.29, 0.717) is 22.2 Å². The summed E-state index contributed by atoms with van der Waals surface area (Å²) >= 11 is 1.04. The number of hydrogen-bond acceptors (Lipinski definition) is 7. The van der Waals surface area contributed by atoms with E-state index in [2.05, 4.69) is 14.7 Å². The molecule has 0 bridgehead atoms. The first-order valence-electron chi connectivity index (χ1n) is 8.11. The molecule has 6 N–H and O–H groups in total. The highest BCUT2D eigenvalue weighted by Gasteiger charge is 2.15. The molecule has 10 heteroatoms. The number of hydrogen-bond donors (Lipinski definition) is 5. The lowest BCUT2D eigenvalue weighted by Crippen LogP contribution is -2.24. The second-order valence-electron chi connectivity index (χ2n) is 5.65. The van der Waals surface area contributed by atoms with Crippen LogP contribution in [0.25, 0.3) is 0 Å². The summed E-state index contributed by atoms with van der Waals surface area (Å²) in [6.45, 7) is -0.337. The molecule has 0 fully saturated rings. The van der Waals surface area contributed by atoms with Gasteiger partial charge < -0.3 is 26.0 Å². The summed E-state index contributed by atoms with van der Waals surface area (Å²) in [6, 6.07) is 12.5. The van der Waals surface area contributed by atoms with E-state index < -0.39 is 11.8 Å². The Kier molecular flexibility index (Phi) is 6.04. The van der Waals surface area contributed by atoms with Gasteiger partial charge in [-0.3, -0.25) is 14.2 Å². The molecular formula is C18H17FN4O4S. The van der Waals surface area contributed by atoms with Gasteiger partial charge in [0, 0.05) is 5.69 Å². The van der Waals surface area contributed by atoms with Crippen LogP contribution < -0.4 is 21.3 Å². The number of H-pyrrole nitrogens is 1. The van der Waals surface area contributed by atoms with Crippen molar-refractivity contribution in [3.05, 3.63) is 70.3 Å². The monoisotopic (exact) mass is 404 g/mol. The fourth-order valence-corrected chi connectivity index (χ4v) is 3.02. The third-order valence-corrected chi connectivity index (χ3v) is 4.34.